The van der Waals surface area contributed by atoms with E-state index in [1.165, 1.54) is 12.1 Å². The number of aromatic hydroxyl groups is 2. The van der Waals surface area contributed by atoms with Gasteiger partial charge in [0.2, 0.25) is 0 Å². The number of Topliss-reactive ketones (excluding diaryl/α,β-unsaturated/α-hetero) is 1. The normalized spacial score (nSPS) is 21.6. The molecule has 130 valence electrons. The number of terminal acetylenes is 1. The van der Waals surface area contributed by atoms with Gasteiger partial charge in [-0.1, -0.05) is 12.0 Å². The number of morpholine rings is 1. The van der Waals surface area contributed by atoms with Crippen molar-refractivity contribution in [2.24, 2.45) is 0 Å². The van der Waals surface area contributed by atoms with Crippen LogP contribution in [-0.2, 0) is 9.53 Å². The Balaban J connectivity index is 1.98. The summed E-state index contributed by atoms with van der Waals surface area (Å²) in [5.74, 6) is 1.85. The molecule has 0 radical (unpaired) electrons. The van der Waals surface area contributed by atoms with Gasteiger partial charge in [0.15, 0.2) is 17.3 Å². The Morgan fingerprint density at radius 3 is 2.68 bits per heavy atom. The van der Waals surface area contributed by atoms with Crippen molar-refractivity contribution in [2.75, 3.05) is 26.3 Å². The van der Waals surface area contributed by atoms with Crippen molar-refractivity contribution in [3.8, 4) is 23.8 Å². The first-order valence-electron chi connectivity index (χ1n) is 8.28. The fourth-order valence-corrected chi connectivity index (χ4v) is 3.36. The molecule has 1 heterocycles. The maximum Gasteiger partial charge on any atom is 0.172 e. The van der Waals surface area contributed by atoms with Gasteiger partial charge in [-0.3, -0.25) is 4.79 Å². The fraction of sp³-hybridized carbons (Fsp3) is 0.350. The van der Waals surface area contributed by atoms with Gasteiger partial charge in [-0.25, -0.2) is 0 Å². The summed E-state index contributed by atoms with van der Waals surface area (Å²) in [5, 5.41) is 19.3. The van der Waals surface area contributed by atoms with Gasteiger partial charge in [0.25, 0.3) is 0 Å². The zero-order valence-electron chi connectivity index (χ0n) is 14.2. The number of benzene rings is 1. The molecule has 1 aliphatic carbocycles. The van der Waals surface area contributed by atoms with E-state index in [9.17, 15) is 15.0 Å². The zero-order valence-corrected chi connectivity index (χ0v) is 14.2. The largest absolute Gasteiger partial charge is 0.504 e. The summed E-state index contributed by atoms with van der Waals surface area (Å²) in [6.07, 6.45) is 7.82. The number of phenols is 2. The zero-order chi connectivity index (χ0) is 18.0. The summed E-state index contributed by atoms with van der Waals surface area (Å²) in [5.41, 5.74) is 2.98. The number of carbonyl (C=O) groups is 1. The summed E-state index contributed by atoms with van der Waals surface area (Å²) >= 11 is 0. The van der Waals surface area contributed by atoms with E-state index in [1.807, 2.05) is 13.0 Å². The topological polar surface area (TPSA) is 70.0 Å². The molecule has 5 nitrogen and oxygen atoms in total. The summed E-state index contributed by atoms with van der Waals surface area (Å²) in [6, 6.07) is 4.63. The third kappa shape index (κ3) is 3.40. The van der Waals surface area contributed by atoms with Crippen molar-refractivity contribution in [3.05, 3.63) is 46.7 Å². The lowest BCUT2D eigenvalue weighted by Gasteiger charge is -2.30. The molecule has 5 heteroatoms. The predicted octanol–water partition coefficient (Wildman–Crippen LogP) is 2.32. The number of ketones is 1. The summed E-state index contributed by atoms with van der Waals surface area (Å²) < 4.78 is 5.38. The number of rotatable bonds is 3. The van der Waals surface area contributed by atoms with E-state index >= 15 is 0 Å². The molecule has 0 amide bonds. The van der Waals surface area contributed by atoms with E-state index in [-0.39, 0.29) is 29.6 Å². The number of carbonyl (C=O) groups excluding carboxylic acids is 1. The van der Waals surface area contributed by atoms with Gasteiger partial charge < -0.3 is 19.8 Å². The van der Waals surface area contributed by atoms with Crippen LogP contribution < -0.4 is 0 Å². The molecule has 1 atom stereocenters. The molecule has 2 aliphatic rings. The second-order valence-corrected chi connectivity index (χ2v) is 6.29. The maximum atomic E-state index is 12.3. The van der Waals surface area contributed by atoms with E-state index in [0.717, 1.165) is 29.9 Å². The summed E-state index contributed by atoms with van der Waals surface area (Å²) in [4.78, 5) is 14.5. The van der Waals surface area contributed by atoms with Crippen LogP contribution in [0.3, 0.4) is 0 Å². The second-order valence-electron chi connectivity index (χ2n) is 6.29. The number of allylic oxidation sites excluding steroid dienone is 4. The van der Waals surface area contributed by atoms with Crippen LogP contribution in [0.2, 0.25) is 0 Å². The van der Waals surface area contributed by atoms with Crippen LogP contribution in [-0.4, -0.2) is 47.2 Å². The molecule has 0 spiro atoms. The third-order valence-electron chi connectivity index (χ3n) is 4.75. The Morgan fingerprint density at radius 1 is 1.32 bits per heavy atom. The minimum absolute atomic E-state index is 0.0684. The molecule has 0 bridgehead atoms. The lowest BCUT2D eigenvalue weighted by atomic mass is 9.91. The van der Waals surface area contributed by atoms with Gasteiger partial charge in [0.1, 0.15) is 0 Å². The summed E-state index contributed by atoms with van der Waals surface area (Å²) in [6.45, 7) is 4.97. The first-order valence-corrected chi connectivity index (χ1v) is 8.28. The lowest BCUT2D eigenvalue weighted by molar-refractivity contribution is -0.114. The minimum Gasteiger partial charge on any atom is -0.504 e. The Hall–Kier alpha value is -2.71. The average Bonchev–Trinajstić information content (AvgIpc) is 2.93. The minimum atomic E-state index is -0.221. The first kappa shape index (κ1) is 17.1. The van der Waals surface area contributed by atoms with Crippen molar-refractivity contribution < 1.29 is 19.7 Å². The van der Waals surface area contributed by atoms with Crippen LogP contribution >= 0.6 is 0 Å². The molecule has 1 aliphatic heterocycles. The van der Waals surface area contributed by atoms with Crippen molar-refractivity contribution in [1.29, 1.82) is 0 Å². The Bertz CT molecular complexity index is 794. The number of hydrogen-bond donors (Lipinski definition) is 2. The predicted molar refractivity (Wildman–Crippen MR) is 94.1 cm³/mol. The van der Waals surface area contributed by atoms with Crippen LogP contribution in [0.1, 0.15) is 24.8 Å². The highest BCUT2D eigenvalue weighted by Gasteiger charge is 2.32. The standard InChI is InChI=1S/C20H21NO4/c1-3-15-17(10-13(2)21-6-8-25-9-7-21)16(12-19(15)23)14-4-5-18(22)20(24)11-14/h1,4-5,10-11,16,22,24H,6-9,12H2,2H3/b13-10+. The number of phenolic OH excluding ortho intramolecular Hbond substituents is 2. The van der Waals surface area contributed by atoms with Gasteiger partial charge in [-0.05, 0) is 36.3 Å². The molecule has 25 heavy (non-hydrogen) atoms. The van der Waals surface area contributed by atoms with Gasteiger partial charge in [0.05, 0.1) is 18.8 Å². The van der Waals surface area contributed by atoms with Gasteiger partial charge >= 0.3 is 0 Å². The molecule has 1 aromatic carbocycles. The Labute approximate surface area is 147 Å². The lowest BCUT2D eigenvalue weighted by Crippen LogP contribution is -2.34. The summed E-state index contributed by atoms with van der Waals surface area (Å²) in [7, 11) is 0. The maximum absolute atomic E-state index is 12.3. The van der Waals surface area contributed by atoms with Crippen molar-refractivity contribution >= 4 is 5.78 Å². The second kappa shape index (κ2) is 7.04. The van der Waals surface area contributed by atoms with Crippen LogP contribution in [0.5, 0.6) is 11.5 Å². The average molecular weight is 339 g/mol. The first-order chi connectivity index (χ1) is 12.0. The van der Waals surface area contributed by atoms with E-state index < -0.39 is 0 Å². The third-order valence-corrected chi connectivity index (χ3v) is 4.75. The molecular formula is C20H21NO4. The monoisotopic (exact) mass is 339 g/mol. The molecule has 1 fully saturated rings. The quantitative estimate of drug-likeness (QED) is 0.653. The smallest absolute Gasteiger partial charge is 0.172 e. The molecule has 0 saturated carbocycles. The van der Waals surface area contributed by atoms with E-state index in [1.54, 1.807) is 6.07 Å². The van der Waals surface area contributed by atoms with Crippen LogP contribution in [0.4, 0.5) is 0 Å². The van der Waals surface area contributed by atoms with Crippen molar-refractivity contribution in [1.82, 2.24) is 4.90 Å². The number of ether oxygens (including phenoxy) is 1. The SMILES string of the molecule is C#CC1=C(/C=C(\C)N2CCOCC2)C(c2ccc(O)c(O)c2)CC1=O. The highest BCUT2D eigenvalue weighted by molar-refractivity contribution is 6.04. The molecule has 1 aromatic rings. The molecule has 0 aromatic heterocycles. The molecule has 3 rings (SSSR count). The highest BCUT2D eigenvalue weighted by Crippen LogP contribution is 2.41. The van der Waals surface area contributed by atoms with Crippen LogP contribution in [0.25, 0.3) is 0 Å². The fourth-order valence-electron chi connectivity index (χ4n) is 3.36. The van der Waals surface area contributed by atoms with Gasteiger partial charge in [-0.15, -0.1) is 6.42 Å². The molecular weight excluding hydrogens is 318 g/mol. The van der Waals surface area contributed by atoms with Crippen molar-refractivity contribution in [2.45, 2.75) is 19.3 Å². The van der Waals surface area contributed by atoms with Crippen LogP contribution in [0.15, 0.2) is 41.1 Å². The Kier molecular flexibility index (Phi) is 4.82. The number of hydrogen-bond acceptors (Lipinski definition) is 5. The Morgan fingerprint density at radius 2 is 2.04 bits per heavy atom. The van der Waals surface area contributed by atoms with Gasteiger partial charge in [-0.2, -0.15) is 0 Å². The van der Waals surface area contributed by atoms with Crippen molar-refractivity contribution in [3.63, 3.8) is 0 Å². The van der Waals surface area contributed by atoms with E-state index in [2.05, 4.69) is 10.8 Å². The van der Waals surface area contributed by atoms with E-state index in [0.29, 0.717) is 18.8 Å². The number of nitrogens with zero attached hydrogens (tertiary/aromatic N) is 1. The van der Waals surface area contributed by atoms with Gasteiger partial charge in [0, 0.05) is 31.1 Å². The molecule has 1 unspecified atom stereocenters. The van der Waals surface area contributed by atoms with Crippen LogP contribution in [0, 0.1) is 12.3 Å². The highest BCUT2D eigenvalue weighted by atomic mass is 16.5. The van der Waals surface area contributed by atoms with E-state index in [4.69, 9.17) is 11.2 Å². The molecule has 2 N–H and O–H groups in total. The molecule has 1 saturated heterocycles.